The summed E-state index contributed by atoms with van der Waals surface area (Å²) in [5.74, 6) is 4.87. The molecule has 0 bridgehead atoms. The van der Waals surface area contributed by atoms with E-state index in [2.05, 4.69) is 20.8 Å². The standard InChI is InChI=1S/C29H52O2/c1-4-6-8-10-23-11-18-27(19-12-23)31-29(30)26-16-14-25(15-17-26)28-20-13-24(9-7-5-2)21-22(28)3/h22-28H,4-21H2,1-3H3/t22-,23?,24+,25?,26?,27?,28-/m1/s1. The minimum Gasteiger partial charge on any atom is -0.462 e. The van der Waals surface area contributed by atoms with Gasteiger partial charge in [-0.15, -0.1) is 0 Å². The fourth-order valence-electron chi connectivity index (χ4n) is 7.25. The lowest BCUT2D eigenvalue weighted by atomic mass is 9.64. The van der Waals surface area contributed by atoms with Gasteiger partial charge in [-0.05, 0) is 93.8 Å². The van der Waals surface area contributed by atoms with Gasteiger partial charge in [-0.1, -0.05) is 72.1 Å². The van der Waals surface area contributed by atoms with Gasteiger partial charge in [0, 0.05) is 0 Å². The molecule has 0 heterocycles. The molecule has 0 radical (unpaired) electrons. The van der Waals surface area contributed by atoms with Crippen LogP contribution in [0.3, 0.4) is 0 Å². The molecule has 3 atom stereocenters. The number of carbonyl (C=O) groups is 1. The first-order valence-corrected chi connectivity index (χ1v) is 14.3. The number of esters is 1. The van der Waals surface area contributed by atoms with Crippen LogP contribution in [-0.4, -0.2) is 12.1 Å². The van der Waals surface area contributed by atoms with E-state index < -0.39 is 0 Å². The van der Waals surface area contributed by atoms with E-state index in [1.165, 1.54) is 89.9 Å². The predicted octanol–water partition coefficient (Wildman–Crippen LogP) is 8.72. The Morgan fingerprint density at radius 3 is 2.03 bits per heavy atom. The van der Waals surface area contributed by atoms with E-state index in [0.29, 0.717) is 0 Å². The Hall–Kier alpha value is -0.530. The van der Waals surface area contributed by atoms with Gasteiger partial charge in [0.15, 0.2) is 0 Å². The Balaban J connectivity index is 1.33. The average molecular weight is 433 g/mol. The van der Waals surface area contributed by atoms with Crippen molar-refractivity contribution in [2.45, 2.75) is 142 Å². The highest BCUT2D eigenvalue weighted by atomic mass is 16.5. The third-order valence-corrected chi connectivity index (χ3v) is 9.31. The minimum atomic E-state index is 0.143. The second-order valence-electron chi connectivity index (χ2n) is 11.6. The normalized spacial score (nSPS) is 36.8. The van der Waals surface area contributed by atoms with Gasteiger partial charge >= 0.3 is 5.97 Å². The summed E-state index contributed by atoms with van der Waals surface area (Å²) in [5.41, 5.74) is 0. The Kier molecular flexibility index (Phi) is 10.7. The van der Waals surface area contributed by atoms with Crippen molar-refractivity contribution in [3.63, 3.8) is 0 Å². The second-order valence-corrected chi connectivity index (χ2v) is 11.6. The molecule has 2 nitrogen and oxygen atoms in total. The van der Waals surface area contributed by atoms with Gasteiger partial charge in [0.05, 0.1) is 5.92 Å². The molecule has 0 spiro atoms. The Morgan fingerprint density at radius 2 is 1.39 bits per heavy atom. The maximum Gasteiger partial charge on any atom is 0.309 e. The molecule has 0 aromatic carbocycles. The van der Waals surface area contributed by atoms with Crippen LogP contribution in [-0.2, 0) is 9.53 Å². The summed E-state index contributed by atoms with van der Waals surface area (Å²) in [6, 6.07) is 0. The highest BCUT2D eigenvalue weighted by Gasteiger charge is 2.37. The second kappa shape index (κ2) is 13.2. The fraction of sp³-hybridized carbons (Fsp3) is 0.966. The molecule has 0 aromatic rings. The van der Waals surface area contributed by atoms with Crippen LogP contribution in [0.1, 0.15) is 136 Å². The third kappa shape index (κ3) is 7.78. The van der Waals surface area contributed by atoms with Crippen molar-refractivity contribution in [3.8, 4) is 0 Å². The molecule has 2 heteroatoms. The molecule has 180 valence electrons. The first-order valence-electron chi connectivity index (χ1n) is 14.3. The van der Waals surface area contributed by atoms with Gasteiger partial charge in [-0.3, -0.25) is 4.79 Å². The monoisotopic (exact) mass is 432 g/mol. The molecule has 0 aromatic heterocycles. The Bertz CT molecular complexity index is 499. The zero-order chi connectivity index (χ0) is 22.1. The molecule has 3 saturated carbocycles. The number of hydrogen-bond acceptors (Lipinski definition) is 2. The van der Waals surface area contributed by atoms with E-state index in [1.807, 2.05) is 0 Å². The van der Waals surface area contributed by atoms with Crippen molar-refractivity contribution in [2.24, 2.45) is 35.5 Å². The van der Waals surface area contributed by atoms with Crippen LogP contribution >= 0.6 is 0 Å². The maximum absolute atomic E-state index is 12.8. The Labute approximate surface area is 193 Å². The summed E-state index contributed by atoms with van der Waals surface area (Å²) in [7, 11) is 0. The van der Waals surface area contributed by atoms with Gasteiger partial charge in [-0.2, -0.15) is 0 Å². The van der Waals surface area contributed by atoms with Crippen molar-refractivity contribution in [1.82, 2.24) is 0 Å². The summed E-state index contributed by atoms with van der Waals surface area (Å²) >= 11 is 0. The topological polar surface area (TPSA) is 26.3 Å². The van der Waals surface area contributed by atoms with Crippen molar-refractivity contribution in [2.75, 3.05) is 0 Å². The largest absolute Gasteiger partial charge is 0.462 e. The quantitative estimate of drug-likeness (QED) is 0.255. The summed E-state index contributed by atoms with van der Waals surface area (Å²) in [6.07, 6.45) is 23.7. The summed E-state index contributed by atoms with van der Waals surface area (Å²) in [5, 5.41) is 0. The van der Waals surface area contributed by atoms with E-state index in [-0.39, 0.29) is 18.0 Å². The predicted molar refractivity (Wildman–Crippen MR) is 131 cm³/mol. The lowest BCUT2D eigenvalue weighted by Gasteiger charge is -2.41. The van der Waals surface area contributed by atoms with Crippen molar-refractivity contribution >= 4 is 5.97 Å². The fourth-order valence-corrected chi connectivity index (χ4v) is 7.25. The van der Waals surface area contributed by atoms with Crippen molar-refractivity contribution in [1.29, 1.82) is 0 Å². The van der Waals surface area contributed by atoms with Crippen LogP contribution in [0.15, 0.2) is 0 Å². The molecule has 0 aliphatic heterocycles. The van der Waals surface area contributed by atoms with Gasteiger partial charge in [0.2, 0.25) is 0 Å². The van der Waals surface area contributed by atoms with E-state index in [0.717, 1.165) is 55.3 Å². The van der Waals surface area contributed by atoms with Gasteiger partial charge in [0.25, 0.3) is 0 Å². The molecular weight excluding hydrogens is 380 g/mol. The summed E-state index contributed by atoms with van der Waals surface area (Å²) in [6.45, 7) is 7.11. The van der Waals surface area contributed by atoms with E-state index in [4.69, 9.17) is 4.74 Å². The maximum atomic E-state index is 12.8. The van der Waals surface area contributed by atoms with Gasteiger partial charge in [0.1, 0.15) is 6.10 Å². The van der Waals surface area contributed by atoms with Crippen molar-refractivity contribution in [3.05, 3.63) is 0 Å². The van der Waals surface area contributed by atoms with E-state index in [1.54, 1.807) is 0 Å². The molecule has 3 fully saturated rings. The zero-order valence-electron chi connectivity index (χ0n) is 21.1. The van der Waals surface area contributed by atoms with Crippen LogP contribution < -0.4 is 0 Å². The zero-order valence-corrected chi connectivity index (χ0v) is 21.1. The first-order chi connectivity index (χ1) is 15.1. The lowest BCUT2D eigenvalue weighted by Crippen LogP contribution is -2.34. The molecule has 3 rings (SSSR count). The van der Waals surface area contributed by atoms with Gasteiger partial charge < -0.3 is 4.74 Å². The van der Waals surface area contributed by atoms with E-state index in [9.17, 15) is 4.79 Å². The smallest absolute Gasteiger partial charge is 0.309 e. The van der Waals surface area contributed by atoms with Crippen LogP contribution in [0.2, 0.25) is 0 Å². The number of hydrogen-bond donors (Lipinski definition) is 0. The molecule has 3 aliphatic carbocycles. The van der Waals surface area contributed by atoms with Crippen molar-refractivity contribution < 1.29 is 9.53 Å². The average Bonchev–Trinajstić information content (AvgIpc) is 2.79. The van der Waals surface area contributed by atoms with E-state index >= 15 is 0 Å². The van der Waals surface area contributed by atoms with Crippen LogP contribution in [0, 0.1) is 35.5 Å². The number of rotatable bonds is 10. The Morgan fingerprint density at radius 1 is 0.742 bits per heavy atom. The highest BCUT2D eigenvalue weighted by molar-refractivity contribution is 5.72. The molecule has 0 saturated heterocycles. The molecule has 0 unspecified atom stereocenters. The molecule has 0 N–H and O–H groups in total. The SMILES string of the molecule is CCCCCC1CCC(OC(=O)C2CCC([C@@H]3CC[C@H](CCCC)C[C@H]3C)CC2)CC1. The van der Waals surface area contributed by atoms with Crippen LogP contribution in [0.5, 0.6) is 0 Å². The molecule has 0 amide bonds. The van der Waals surface area contributed by atoms with Crippen LogP contribution in [0.4, 0.5) is 0 Å². The minimum absolute atomic E-state index is 0.143. The first kappa shape index (κ1) is 25.1. The molecule has 3 aliphatic rings. The summed E-state index contributed by atoms with van der Waals surface area (Å²) in [4.78, 5) is 12.8. The highest BCUT2D eigenvalue weighted by Crippen LogP contribution is 2.45. The summed E-state index contributed by atoms with van der Waals surface area (Å²) < 4.78 is 6.02. The third-order valence-electron chi connectivity index (χ3n) is 9.31. The number of ether oxygens (including phenoxy) is 1. The number of unbranched alkanes of at least 4 members (excludes halogenated alkanes) is 3. The molecular formula is C29H52O2. The molecule has 31 heavy (non-hydrogen) atoms. The van der Waals surface area contributed by atoms with Gasteiger partial charge in [-0.25, -0.2) is 0 Å². The van der Waals surface area contributed by atoms with Crippen LogP contribution in [0.25, 0.3) is 0 Å². The lowest BCUT2D eigenvalue weighted by molar-refractivity contribution is -0.157. The number of carbonyl (C=O) groups excluding carboxylic acids is 1.